The molecule has 2 aliphatic carbocycles. The maximum atomic E-state index is 5.19. The lowest BCUT2D eigenvalue weighted by molar-refractivity contribution is 0.790. The van der Waals surface area contributed by atoms with Gasteiger partial charge in [0.25, 0.3) is 0 Å². The molecule has 4 heteroatoms. The smallest absolute Gasteiger partial charge is 0.160 e. The zero-order valence-electron chi connectivity index (χ0n) is 26.5. The molecule has 0 saturated heterocycles. The Morgan fingerprint density at radius 2 is 0.980 bits per heavy atom. The van der Waals surface area contributed by atoms with E-state index < -0.39 is 5.41 Å². The van der Waals surface area contributed by atoms with E-state index in [1.54, 1.807) is 0 Å². The van der Waals surface area contributed by atoms with Gasteiger partial charge in [-0.05, 0) is 63.2 Å². The van der Waals surface area contributed by atoms with Crippen molar-refractivity contribution >= 4 is 0 Å². The summed E-state index contributed by atoms with van der Waals surface area (Å²) in [5.74, 6) is 0.702. The fourth-order valence-electron chi connectivity index (χ4n) is 7.92. The molecule has 10 rings (SSSR count). The zero-order valence-corrected chi connectivity index (χ0v) is 26.5. The van der Waals surface area contributed by atoms with E-state index in [0.717, 1.165) is 50.5 Å². The van der Waals surface area contributed by atoms with Gasteiger partial charge in [-0.25, -0.2) is 9.97 Å². The maximum Gasteiger partial charge on any atom is 0.160 e. The first-order valence-electron chi connectivity index (χ1n) is 16.5. The lowest BCUT2D eigenvalue weighted by atomic mass is 9.70. The van der Waals surface area contributed by atoms with Crippen LogP contribution >= 0.6 is 0 Å². The van der Waals surface area contributed by atoms with E-state index in [4.69, 9.17) is 15.0 Å². The van der Waals surface area contributed by atoms with E-state index in [-0.39, 0.29) is 0 Å². The van der Waals surface area contributed by atoms with Crippen molar-refractivity contribution in [1.29, 1.82) is 0 Å². The molecule has 0 radical (unpaired) electrons. The summed E-state index contributed by atoms with van der Waals surface area (Å²) in [5.41, 5.74) is 16.1. The molecule has 0 N–H and O–H groups in total. The van der Waals surface area contributed by atoms with Crippen molar-refractivity contribution in [3.8, 4) is 67.4 Å². The second-order valence-electron chi connectivity index (χ2n) is 12.7. The molecule has 0 amide bonds. The summed E-state index contributed by atoms with van der Waals surface area (Å²) in [7, 11) is 0. The van der Waals surface area contributed by atoms with E-state index in [1.807, 2.05) is 55.0 Å². The highest BCUT2D eigenvalue weighted by atomic mass is 14.9. The first-order chi connectivity index (χ1) is 24.3. The highest BCUT2D eigenvalue weighted by Gasteiger charge is 2.52. The van der Waals surface area contributed by atoms with Gasteiger partial charge in [-0.3, -0.25) is 9.97 Å². The zero-order chi connectivity index (χ0) is 32.4. The first kappa shape index (κ1) is 27.6. The number of hydrogen-bond donors (Lipinski definition) is 0. The molecule has 0 atom stereocenters. The Morgan fingerprint density at radius 3 is 1.71 bits per heavy atom. The van der Waals surface area contributed by atoms with Crippen molar-refractivity contribution in [2.75, 3.05) is 0 Å². The monoisotopic (exact) mass is 624 g/mol. The number of fused-ring (bicyclic) bond motifs is 10. The fourth-order valence-corrected chi connectivity index (χ4v) is 7.92. The van der Waals surface area contributed by atoms with Crippen LogP contribution in [0, 0.1) is 0 Å². The van der Waals surface area contributed by atoms with Gasteiger partial charge in [0.05, 0.1) is 22.5 Å². The summed E-state index contributed by atoms with van der Waals surface area (Å²) in [6.07, 6.45) is 5.89. The molecule has 8 aromatic rings. The van der Waals surface area contributed by atoms with Crippen LogP contribution < -0.4 is 0 Å². The van der Waals surface area contributed by atoms with Gasteiger partial charge in [-0.2, -0.15) is 0 Å². The molecule has 3 aromatic heterocycles. The average Bonchev–Trinajstić information content (AvgIpc) is 3.66. The lowest BCUT2D eigenvalue weighted by Gasteiger charge is -2.30. The van der Waals surface area contributed by atoms with Gasteiger partial charge in [0.2, 0.25) is 0 Å². The van der Waals surface area contributed by atoms with Gasteiger partial charge < -0.3 is 0 Å². The molecule has 228 valence electrons. The van der Waals surface area contributed by atoms with Crippen molar-refractivity contribution in [2.24, 2.45) is 0 Å². The molecule has 0 aliphatic heterocycles. The van der Waals surface area contributed by atoms with E-state index >= 15 is 0 Å². The maximum absolute atomic E-state index is 5.19. The molecule has 0 unspecified atom stereocenters. The third kappa shape index (κ3) is 4.11. The fraction of sp³-hybridized carbons (Fsp3) is 0.0222. The van der Waals surface area contributed by atoms with Crippen LogP contribution in [0.1, 0.15) is 22.3 Å². The van der Waals surface area contributed by atoms with Gasteiger partial charge in [0, 0.05) is 46.4 Å². The van der Waals surface area contributed by atoms with Gasteiger partial charge in [-0.15, -0.1) is 0 Å². The number of hydrogen-bond acceptors (Lipinski definition) is 4. The number of benzene rings is 5. The number of aromatic nitrogens is 4. The van der Waals surface area contributed by atoms with Crippen LogP contribution in [-0.4, -0.2) is 19.9 Å². The Kier molecular flexibility index (Phi) is 6.06. The highest BCUT2D eigenvalue weighted by Crippen LogP contribution is 2.62. The molecule has 4 nitrogen and oxygen atoms in total. The molecule has 0 saturated carbocycles. The number of pyridine rings is 2. The van der Waals surface area contributed by atoms with Crippen molar-refractivity contribution in [1.82, 2.24) is 19.9 Å². The number of rotatable bonds is 4. The summed E-state index contributed by atoms with van der Waals surface area (Å²) < 4.78 is 0. The molecule has 1 spiro atoms. The summed E-state index contributed by atoms with van der Waals surface area (Å²) in [4.78, 5) is 19.8. The summed E-state index contributed by atoms with van der Waals surface area (Å²) in [6, 6.07) is 53.4. The average molecular weight is 625 g/mol. The predicted octanol–water partition coefficient (Wildman–Crippen LogP) is 10.3. The van der Waals surface area contributed by atoms with Gasteiger partial charge in [-0.1, -0.05) is 127 Å². The second-order valence-corrected chi connectivity index (χ2v) is 12.7. The molecule has 2 aliphatic rings. The molecule has 5 aromatic carbocycles. The van der Waals surface area contributed by atoms with Crippen molar-refractivity contribution in [2.45, 2.75) is 5.41 Å². The topological polar surface area (TPSA) is 51.6 Å². The van der Waals surface area contributed by atoms with E-state index in [1.165, 1.54) is 33.4 Å². The summed E-state index contributed by atoms with van der Waals surface area (Å²) in [5, 5.41) is 0. The molecule has 3 heterocycles. The Bertz CT molecular complexity index is 2440. The van der Waals surface area contributed by atoms with Crippen LogP contribution in [0.2, 0.25) is 0 Å². The summed E-state index contributed by atoms with van der Waals surface area (Å²) >= 11 is 0. The van der Waals surface area contributed by atoms with Crippen LogP contribution in [0.25, 0.3) is 67.4 Å². The largest absolute Gasteiger partial charge is 0.264 e. The predicted molar refractivity (Wildman–Crippen MR) is 196 cm³/mol. The Hall–Kier alpha value is -6.52. The normalized spacial score (nSPS) is 13.1. The minimum atomic E-state index is -0.469. The minimum absolute atomic E-state index is 0.469. The van der Waals surface area contributed by atoms with Gasteiger partial charge in [0.1, 0.15) is 0 Å². The SMILES string of the molecule is c1ccc(-c2cc(-c3cccc(-c4cnc5c(c4)C4(c6ccccc6-c6ccccc64)c4ccncc4-5)c3)nc(-c3ccccc3)n2)cc1. The lowest BCUT2D eigenvalue weighted by Crippen LogP contribution is -2.26. The quantitative estimate of drug-likeness (QED) is 0.196. The van der Waals surface area contributed by atoms with Crippen LogP contribution in [0.4, 0.5) is 0 Å². The van der Waals surface area contributed by atoms with E-state index in [9.17, 15) is 0 Å². The standard InChI is InChI=1S/C45H28N4/c1-3-12-29(13-4-1)41-26-42(49-44(48-41)30-14-5-2-6-15-30)32-17-11-16-31(24-32)33-25-40-43(47-27-33)36-28-46-23-22-39(36)45(40)37-20-9-7-18-34(37)35-19-8-10-21-38(35)45/h1-28H. The van der Waals surface area contributed by atoms with E-state index in [2.05, 4.69) is 120 Å². The van der Waals surface area contributed by atoms with E-state index in [0.29, 0.717) is 5.82 Å². The molecule has 49 heavy (non-hydrogen) atoms. The third-order valence-corrected chi connectivity index (χ3v) is 10.0. The van der Waals surface area contributed by atoms with Crippen LogP contribution in [0.5, 0.6) is 0 Å². The van der Waals surface area contributed by atoms with Crippen molar-refractivity contribution in [3.63, 3.8) is 0 Å². The Balaban J connectivity index is 1.15. The third-order valence-electron chi connectivity index (χ3n) is 10.0. The first-order valence-corrected chi connectivity index (χ1v) is 16.5. The second kappa shape index (κ2) is 10.8. The number of nitrogens with zero attached hydrogens (tertiary/aromatic N) is 4. The summed E-state index contributed by atoms with van der Waals surface area (Å²) in [6.45, 7) is 0. The van der Waals surface area contributed by atoms with Crippen molar-refractivity contribution in [3.05, 3.63) is 193 Å². The molecule has 0 fully saturated rings. The Labute approximate surface area is 284 Å². The minimum Gasteiger partial charge on any atom is -0.264 e. The molecular formula is C45H28N4. The van der Waals surface area contributed by atoms with Crippen LogP contribution in [0.15, 0.2) is 170 Å². The van der Waals surface area contributed by atoms with Crippen LogP contribution in [0.3, 0.4) is 0 Å². The van der Waals surface area contributed by atoms with Gasteiger partial charge in [0.15, 0.2) is 5.82 Å². The highest BCUT2D eigenvalue weighted by molar-refractivity contribution is 5.94. The van der Waals surface area contributed by atoms with Crippen LogP contribution in [-0.2, 0) is 5.41 Å². The van der Waals surface area contributed by atoms with Gasteiger partial charge >= 0.3 is 0 Å². The Morgan fingerprint density at radius 1 is 0.388 bits per heavy atom. The molecular weight excluding hydrogens is 597 g/mol. The van der Waals surface area contributed by atoms with Crippen molar-refractivity contribution < 1.29 is 0 Å². The molecule has 0 bridgehead atoms.